The standard InChI is InChI=1S/C28H36N2O5S/c1-25(2)21-10-12-27(25,28(33,17-21)18-30-23(31)7-8-24(30)32)19-36(34,35)29-15-13-26(14-16-29)11-9-20-5-3-4-6-22(20)26/h3-6,9,11,21,33H,7-8,10,12-19H2,1-2H3/t21-,27+,28-/m1/s1. The quantitative estimate of drug-likeness (QED) is 0.612. The average molecular weight is 513 g/mol. The number of carbonyl (C=O) groups excluding carboxylic acids is 2. The Hall–Kier alpha value is -2.03. The number of hydrogen-bond acceptors (Lipinski definition) is 5. The number of aliphatic hydroxyl groups is 1. The highest BCUT2D eigenvalue weighted by atomic mass is 32.2. The SMILES string of the molecule is CC1(C)[C@@H]2CC[C@@]1(CS(=O)(=O)N1CCC3(C=Cc4ccccc43)CC1)[C@](O)(CN1C(=O)CCC1=O)C2. The number of allylic oxidation sites excluding steroid dienone is 1. The van der Waals surface area contributed by atoms with Crippen molar-refractivity contribution in [3.8, 4) is 0 Å². The van der Waals surface area contributed by atoms with Gasteiger partial charge in [0.1, 0.15) is 0 Å². The number of hydrogen-bond donors (Lipinski definition) is 1. The van der Waals surface area contributed by atoms with Gasteiger partial charge in [-0.05, 0) is 54.6 Å². The summed E-state index contributed by atoms with van der Waals surface area (Å²) in [5.74, 6) is -0.512. The number of fused-ring (bicyclic) bond motifs is 4. The Bertz CT molecular complexity index is 1250. The van der Waals surface area contributed by atoms with E-state index in [-0.39, 0.29) is 48.3 Å². The molecule has 1 N–H and O–H groups in total. The lowest BCUT2D eigenvalue weighted by Gasteiger charge is -2.49. The minimum atomic E-state index is -3.68. The third-order valence-electron chi connectivity index (χ3n) is 10.7. The molecular weight excluding hydrogens is 476 g/mol. The third-order valence-corrected chi connectivity index (χ3v) is 12.7. The van der Waals surface area contributed by atoms with Crippen molar-refractivity contribution in [2.45, 2.75) is 69.8 Å². The Labute approximate surface area is 213 Å². The van der Waals surface area contributed by atoms with E-state index in [0.717, 1.165) is 19.3 Å². The Morgan fingerprint density at radius 2 is 1.69 bits per heavy atom. The highest BCUT2D eigenvalue weighted by molar-refractivity contribution is 7.89. The molecular formula is C28H36N2O5S. The second-order valence-corrected chi connectivity index (χ2v) is 14.3. The molecule has 0 radical (unpaired) electrons. The number of sulfonamides is 1. The summed E-state index contributed by atoms with van der Waals surface area (Å²) in [5.41, 5.74) is -0.318. The van der Waals surface area contributed by atoms with Crippen LogP contribution in [0.4, 0.5) is 0 Å². The van der Waals surface area contributed by atoms with Gasteiger partial charge in [0.15, 0.2) is 0 Å². The summed E-state index contributed by atoms with van der Waals surface area (Å²) in [6, 6.07) is 8.34. The van der Waals surface area contributed by atoms with E-state index in [2.05, 4.69) is 38.1 Å². The van der Waals surface area contributed by atoms with Crippen molar-refractivity contribution in [2.24, 2.45) is 16.7 Å². The molecule has 1 aromatic rings. The normalized spacial score (nSPS) is 34.8. The lowest BCUT2D eigenvalue weighted by atomic mass is 9.64. The topological polar surface area (TPSA) is 95.0 Å². The first kappa shape index (κ1) is 24.3. The molecule has 5 aliphatic rings. The summed E-state index contributed by atoms with van der Waals surface area (Å²) in [5, 5.41) is 12.1. The summed E-state index contributed by atoms with van der Waals surface area (Å²) in [6.07, 6.45) is 8.07. The Morgan fingerprint density at radius 1 is 1.03 bits per heavy atom. The van der Waals surface area contributed by atoms with Gasteiger partial charge in [-0.3, -0.25) is 14.5 Å². The molecule has 2 amide bonds. The van der Waals surface area contributed by atoms with Crippen molar-refractivity contribution in [1.29, 1.82) is 0 Å². The van der Waals surface area contributed by atoms with Gasteiger partial charge in [-0.25, -0.2) is 12.7 Å². The van der Waals surface area contributed by atoms with Gasteiger partial charge in [-0.1, -0.05) is 50.3 Å². The highest BCUT2D eigenvalue weighted by Crippen LogP contribution is 2.70. The largest absolute Gasteiger partial charge is 0.387 e. The molecule has 4 fully saturated rings. The van der Waals surface area contributed by atoms with Crippen molar-refractivity contribution in [2.75, 3.05) is 25.4 Å². The maximum atomic E-state index is 14.0. The third kappa shape index (κ3) is 3.19. The van der Waals surface area contributed by atoms with Crippen molar-refractivity contribution in [3.05, 3.63) is 41.5 Å². The lowest BCUT2D eigenvalue weighted by molar-refractivity contribution is -0.150. The molecule has 1 spiro atoms. The second-order valence-electron chi connectivity index (χ2n) is 12.4. The van der Waals surface area contributed by atoms with Crippen LogP contribution in [0.25, 0.3) is 6.08 Å². The molecule has 3 aliphatic carbocycles. The smallest absolute Gasteiger partial charge is 0.229 e. The Kier molecular flexibility index (Phi) is 5.23. The van der Waals surface area contributed by atoms with Crippen LogP contribution in [0.15, 0.2) is 30.3 Å². The van der Waals surface area contributed by atoms with Gasteiger partial charge in [-0.2, -0.15) is 0 Å². The molecule has 2 heterocycles. The van der Waals surface area contributed by atoms with Crippen molar-refractivity contribution < 1.29 is 23.1 Å². The summed E-state index contributed by atoms with van der Waals surface area (Å²) >= 11 is 0. The van der Waals surface area contributed by atoms with E-state index in [1.165, 1.54) is 16.0 Å². The number of nitrogens with zero attached hydrogens (tertiary/aromatic N) is 2. The maximum Gasteiger partial charge on any atom is 0.229 e. The van der Waals surface area contributed by atoms with Gasteiger partial charge in [0.05, 0.1) is 17.9 Å². The van der Waals surface area contributed by atoms with Crippen LogP contribution in [-0.4, -0.2) is 65.5 Å². The molecule has 36 heavy (non-hydrogen) atoms. The van der Waals surface area contributed by atoms with Gasteiger partial charge in [0.2, 0.25) is 21.8 Å². The fourth-order valence-electron chi connectivity index (χ4n) is 8.39. The van der Waals surface area contributed by atoms with E-state index in [4.69, 9.17) is 0 Å². The molecule has 194 valence electrons. The fourth-order valence-corrected chi connectivity index (χ4v) is 10.7. The molecule has 7 nitrogen and oxygen atoms in total. The highest BCUT2D eigenvalue weighted by Gasteiger charge is 2.72. The number of piperidine rings is 1. The minimum absolute atomic E-state index is 0.0925. The number of imide groups is 1. The van der Waals surface area contributed by atoms with E-state index in [1.807, 2.05) is 12.1 Å². The zero-order valence-corrected chi connectivity index (χ0v) is 22.0. The van der Waals surface area contributed by atoms with Crippen LogP contribution in [0.3, 0.4) is 0 Å². The van der Waals surface area contributed by atoms with Gasteiger partial charge in [0, 0.05) is 36.8 Å². The maximum absolute atomic E-state index is 14.0. The first-order valence-corrected chi connectivity index (χ1v) is 14.9. The zero-order valence-electron chi connectivity index (χ0n) is 21.2. The van der Waals surface area contributed by atoms with Crippen LogP contribution < -0.4 is 0 Å². The number of rotatable bonds is 5. The van der Waals surface area contributed by atoms with E-state index in [0.29, 0.717) is 25.9 Å². The van der Waals surface area contributed by atoms with Crippen LogP contribution >= 0.6 is 0 Å². The molecule has 8 heteroatoms. The van der Waals surface area contributed by atoms with Gasteiger partial charge in [0.25, 0.3) is 0 Å². The van der Waals surface area contributed by atoms with E-state index in [9.17, 15) is 23.1 Å². The molecule has 3 atom stereocenters. The molecule has 1 aromatic carbocycles. The Morgan fingerprint density at radius 3 is 2.36 bits per heavy atom. The monoisotopic (exact) mass is 512 g/mol. The number of β-amino-alcohol motifs (C(OH)–C–C–N with tert-alkyl or cyclic N) is 1. The summed E-state index contributed by atoms with van der Waals surface area (Å²) in [6.45, 7) is 4.93. The Balaban J connectivity index is 1.25. The number of likely N-dealkylation sites (tertiary alicyclic amines) is 1. The molecule has 2 bridgehead atoms. The lowest BCUT2D eigenvalue weighted by Crippen LogP contribution is -2.60. The van der Waals surface area contributed by atoms with Gasteiger partial charge in [-0.15, -0.1) is 0 Å². The first-order chi connectivity index (χ1) is 16.9. The van der Waals surface area contributed by atoms with E-state index >= 15 is 0 Å². The second kappa shape index (κ2) is 7.74. The van der Waals surface area contributed by atoms with Gasteiger partial charge >= 0.3 is 0 Å². The van der Waals surface area contributed by atoms with Crippen LogP contribution in [-0.2, 0) is 25.0 Å². The summed E-state index contributed by atoms with van der Waals surface area (Å²) in [4.78, 5) is 26.0. The zero-order chi connectivity index (χ0) is 25.6. The predicted octanol–water partition coefficient (Wildman–Crippen LogP) is 3.08. The van der Waals surface area contributed by atoms with Crippen LogP contribution in [0.5, 0.6) is 0 Å². The number of benzene rings is 1. The van der Waals surface area contributed by atoms with Crippen LogP contribution in [0, 0.1) is 16.7 Å². The van der Waals surface area contributed by atoms with Crippen LogP contribution in [0.2, 0.25) is 0 Å². The fraction of sp³-hybridized carbons (Fsp3) is 0.643. The van der Waals surface area contributed by atoms with Crippen molar-refractivity contribution >= 4 is 27.9 Å². The number of carbonyl (C=O) groups is 2. The van der Waals surface area contributed by atoms with Crippen LogP contribution in [0.1, 0.15) is 69.9 Å². The molecule has 0 aromatic heterocycles. The average Bonchev–Trinajstić information content (AvgIpc) is 3.47. The molecule has 2 saturated carbocycles. The van der Waals surface area contributed by atoms with Gasteiger partial charge < -0.3 is 5.11 Å². The molecule has 2 aliphatic heterocycles. The first-order valence-electron chi connectivity index (χ1n) is 13.3. The summed E-state index contributed by atoms with van der Waals surface area (Å²) < 4.78 is 29.5. The number of amides is 2. The van der Waals surface area contributed by atoms with Crippen molar-refractivity contribution in [3.63, 3.8) is 0 Å². The van der Waals surface area contributed by atoms with Crippen molar-refractivity contribution in [1.82, 2.24) is 9.21 Å². The minimum Gasteiger partial charge on any atom is -0.387 e. The van der Waals surface area contributed by atoms with E-state index < -0.39 is 26.5 Å². The van der Waals surface area contributed by atoms with E-state index in [1.54, 1.807) is 4.31 Å². The molecule has 2 saturated heterocycles. The predicted molar refractivity (Wildman–Crippen MR) is 136 cm³/mol. The summed E-state index contributed by atoms with van der Waals surface area (Å²) in [7, 11) is -3.68. The molecule has 6 rings (SSSR count). The molecule has 0 unspecified atom stereocenters.